The van der Waals surface area contributed by atoms with Crippen LogP contribution in [-0.4, -0.2) is 139 Å². The number of H-pyrrole nitrogens is 1. The fraction of sp³-hybridized carbons (Fsp3) is 0.656. The minimum absolute atomic E-state index is 0.165. The number of carbonyl (C=O) groups excluding carboxylic acids is 7. The predicted molar refractivity (Wildman–Crippen MR) is 185 cm³/mol. The number of nitrogens with one attached hydrogen (secondary N) is 6. The highest BCUT2D eigenvalue weighted by atomic mass is 16.4. The molecule has 1 aromatic heterocycles. The lowest BCUT2D eigenvalue weighted by Crippen LogP contribution is -2.62. The predicted octanol–water partition coefficient (Wildman–Crippen LogP) is -4.52. The third kappa shape index (κ3) is 13.4. The molecule has 1 aliphatic heterocycles. The van der Waals surface area contributed by atoms with Crippen LogP contribution in [0.15, 0.2) is 12.5 Å². The highest BCUT2D eigenvalue weighted by Crippen LogP contribution is 2.18. The molecular formula is C32H52N10O11. The number of carbonyl (C=O) groups is 8. The number of nitrogens with zero attached hydrogens (tertiary/aromatic N) is 2. The molecule has 0 unspecified atom stereocenters. The van der Waals surface area contributed by atoms with E-state index in [4.69, 9.17) is 11.5 Å². The summed E-state index contributed by atoms with van der Waals surface area (Å²) in [7, 11) is 0. The van der Waals surface area contributed by atoms with E-state index in [1.807, 2.05) is 0 Å². The average molecular weight is 753 g/mol. The van der Waals surface area contributed by atoms with Gasteiger partial charge in [0, 0.05) is 31.3 Å². The van der Waals surface area contributed by atoms with E-state index < -0.39 is 108 Å². The zero-order chi connectivity index (χ0) is 40.0. The van der Waals surface area contributed by atoms with E-state index >= 15 is 0 Å². The SMILES string of the molecule is CC[C@H](C)[C@H](NC(=O)[C@@H](NC(=O)[C@@H]1CCCN1C(=O)CNC(=O)[C@@H](N)[C@@H](C)O)[C@@H](C)O)C(=O)N[C@@H](CCC(N)=O)C(=O)N[C@@H](Cc1cnc[nH]1)C(=O)O. The van der Waals surface area contributed by atoms with Crippen LogP contribution in [0.5, 0.6) is 0 Å². The van der Waals surface area contributed by atoms with E-state index in [9.17, 15) is 53.7 Å². The largest absolute Gasteiger partial charge is 0.480 e. The Balaban J connectivity index is 2.18. The highest BCUT2D eigenvalue weighted by molar-refractivity contribution is 5.97. The molecule has 21 nitrogen and oxygen atoms in total. The summed E-state index contributed by atoms with van der Waals surface area (Å²) >= 11 is 0. The van der Waals surface area contributed by atoms with Crippen molar-refractivity contribution in [2.75, 3.05) is 13.1 Å². The van der Waals surface area contributed by atoms with Crippen LogP contribution in [0, 0.1) is 5.92 Å². The number of aliphatic hydroxyl groups excluding tert-OH is 2. The lowest BCUT2D eigenvalue weighted by atomic mass is 9.96. The Morgan fingerprint density at radius 3 is 2.11 bits per heavy atom. The number of rotatable bonds is 21. The quantitative estimate of drug-likeness (QED) is 0.0565. The number of nitrogens with two attached hydrogens (primary N) is 2. The number of aliphatic carboxylic acids is 1. The Kier molecular flexibility index (Phi) is 17.3. The molecule has 21 heteroatoms. The number of imidazole rings is 1. The van der Waals surface area contributed by atoms with Crippen LogP contribution in [0.3, 0.4) is 0 Å². The first-order valence-electron chi connectivity index (χ1n) is 17.3. The summed E-state index contributed by atoms with van der Waals surface area (Å²) in [5.41, 5.74) is 11.3. The second-order valence-electron chi connectivity index (χ2n) is 13.1. The van der Waals surface area contributed by atoms with Crippen LogP contribution in [0.2, 0.25) is 0 Å². The molecule has 2 heterocycles. The number of likely N-dealkylation sites (tertiary alicyclic amines) is 1. The van der Waals surface area contributed by atoms with Crippen LogP contribution in [0.1, 0.15) is 65.5 Å². The van der Waals surface area contributed by atoms with Crippen molar-refractivity contribution in [2.24, 2.45) is 17.4 Å². The van der Waals surface area contributed by atoms with Gasteiger partial charge in [-0.3, -0.25) is 33.6 Å². The van der Waals surface area contributed by atoms with Gasteiger partial charge < -0.3 is 63.3 Å². The first kappa shape index (κ1) is 44.0. The van der Waals surface area contributed by atoms with Gasteiger partial charge in [-0.2, -0.15) is 0 Å². The molecule has 0 aromatic carbocycles. The third-order valence-electron chi connectivity index (χ3n) is 8.87. The number of hydrogen-bond acceptors (Lipinski definition) is 12. The Hall–Kier alpha value is -5.15. The van der Waals surface area contributed by atoms with Gasteiger partial charge >= 0.3 is 5.97 Å². The minimum Gasteiger partial charge on any atom is -0.480 e. The highest BCUT2D eigenvalue weighted by Gasteiger charge is 2.39. The molecular weight excluding hydrogens is 700 g/mol. The summed E-state index contributed by atoms with van der Waals surface area (Å²) in [6.45, 7) is 5.55. The number of primary amides is 1. The number of aromatic amines is 1. The van der Waals surface area contributed by atoms with Crippen LogP contribution in [0.4, 0.5) is 0 Å². The summed E-state index contributed by atoms with van der Waals surface area (Å²) in [6.07, 6.45) is 0.211. The fourth-order valence-corrected chi connectivity index (χ4v) is 5.44. The Morgan fingerprint density at radius 2 is 1.57 bits per heavy atom. The van der Waals surface area contributed by atoms with Crippen LogP contribution >= 0.6 is 0 Å². The van der Waals surface area contributed by atoms with Crippen molar-refractivity contribution in [3.05, 3.63) is 18.2 Å². The molecule has 53 heavy (non-hydrogen) atoms. The Bertz CT molecular complexity index is 1460. The smallest absolute Gasteiger partial charge is 0.326 e. The number of aliphatic hydroxyl groups is 2. The van der Waals surface area contributed by atoms with Gasteiger partial charge in [0.2, 0.25) is 41.4 Å². The maximum atomic E-state index is 13.6. The van der Waals surface area contributed by atoms with Crippen molar-refractivity contribution in [3.8, 4) is 0 Å². The average Bonchev–Trinajstić information content (AvgIpc) is 3.81. The van der Waals surface area contributed by atoms with E-state index in [0.717, 1.165) is 0 Å². The van der Waals surface area contributed by atoms with Crippen molar-refractivity contribution >= 4 is 47.3 Å². The first-order valence-corrected chi connectivity index (χ1v) is 17.3. The standard InChI is InChI=1S/C32H52N10O11/c1-5-15(2)25(30(50)38-19(8-9-22(33)45)27(47)39-20(32(52)53)11-18-12-35-14-37-18)40-31(51)26(17(4)44)41-28(48)21-7-6-10-42(21)23(46)13-36-29(49)24(34)16(3)43/h12,14-17,19-21,24-26,43-44H,5-11,13,34H2,1-4H3,(H2,33,45)(H,35,37)(H,36,49)(H,38,50)(H,39,47)(H,40,51)(H,41,48)(H,52,53)/t15-,16+,17+,19-,20-,21-,24-,25-,26-/m0/s1. The molecule has 296 valence electrons. The monoisotopic (exact) mass is 752 g/mol. The van der Waals surface area contributed by atoms with Gasteiger partial charge in [-0.25, -0.2) is 9.78 Å². The van der Waals surface area contributed by atoms with Gasteiger partial charge in [0.25, 0.3) is 0 Å². The molecule has 0 radical (unpaired) electrons. The van der Waals surface area contributed by atoms with Crippen molar-refractivity contribution in [2.45, 2.75) is 115 Å². The first-order chi connectivity index (χ1) is 24.9. The summed E-state index contributed by atoms with van der Waals surface area (Å²) in [5.74, 6) is -7.68. The van der Waals surface area contributed by atoms with Crippen molar-refractivity contribution in [3.63, 3.8) is 0 Å². The third-order valence-corrected chi connectivity index (χ3v) is 8.87. The van der Waals surface area contributed by atoms with Gasteiger partial charge in [-0.1, -0.05) is 20.3 Å². The molecule has 1 fully saturated rings. The molecule has 1 saturated heterocycles. The van der Waals surface area contributed by atoms with Gasteiger partial charge in [0.05, 0.1) is 25.1 Å². The summed E-state index contributed by atoms with van der Waals surface area (Å²) < 4.78 is 0. The number of carboxylic acid groups (broad SMARTS) is 1. The van der Waals surface area contributed by atoms with E-state index in [0.29, 0.717) is 18.5 Å². The topological polar surface area (TPSA) is 341 Å². The van der Waals surface area contributed by atoms with Crippen LogP contribution in [-0.2, 0) is 44.8 Å². The van der Waals surface area contributed by atoms with E-state index in [1.165, 1.54) is 31.3 Å². The minimum atomic E-state index is -1.60. The lowest BCUT2D eigenvalue weighted by Gasteiger charge is -2.30. The maximum absolute atomic E-state index is 13.6. The fourth-order valence-electron chi connectivity index (χ4n) is 5.44. The summed E-state index contributed by atoms with van der Waals surface area (Å²) in [5, 5.41) is 41.8. The number of hydrogen-bond donors (Lipinski definition) is 11. The van der Waals surface area contributed by atoms with Gasteiger partial charge in [0.1, 0.15) is 36.3 Å². The van der Waals surface area contributed by atoms with E-state index in [2.05, 4.69) is 36.6 Å². The van der Waals surface area contributed by atoms with E-state index in [-0.39, 0.29) is 32.2 Å². The Morgan fingerprint density at radius 1 is 0.925 bits per heavy atom. The molecule has 0 aliphatic carbocycles. The summed E-state index contributed by atoms with van der Waals surface area (Å²) in [4.78, 5) is 110. The molecule has 7 amide bonds. The van der Waals surface area contributed by atoms with Gasteiger partial charge in [0.15, 0.2) is 0 Å². The van der Waals surface area contributed by atoms with Crippen molar-refractivity contribution in [1.29, 1.82) is 0 Å². The molecule has 9 atom stereocenters. The number of aromatic nitrogens is 2. The zero-order valence-electron chi connectivity index (χ0n) is 30.2. The van der Waals surface area contributed by atoms with Crippen LogP contribution in [0.25, 0.3) is 0 Å². The van der Waals surface area contributed by atoms with Crippen LogP contribution < -0.4 is 38.1 Å². The second-order valence-corrected chi connectivity index (χ2v) is 13.1. The van der Waals surface area contributed by atoms with Gasteiger partial charge in [-0.15, -0.1) is 0 Å². The Labute approximate surface area is 305 Å². The number of amides is 7. The second kappa shape index (κ2) is 20.8. The molecule has 0 bridgehead atoms. The maximum Gasteiger partial charge on any atom is 0.326 e. The van der Waals surface area contributed by atoms with E-state index in [1.54, 1.807) is 13.8 Å². The van der Waals surface area contributed by atoms with Crippen molar-refractivity contribution < 1.29 is 53.7 Å². The molecule has 0 saturated carbocycles. The molecule has 2 rings (SSSR count). The lowest BCUT2D eigenvalue weighted by molar-refractivity contribution is -0.142. The molecule has 1 aromatic rings. The zero-order valence-corrected chi connectivity index (χ0v) is 30.2. The molecule has 0 spiro atoms. The normalized spacial score (nSPS) is 18.5. The molecule has 13 N–H and O–H groups in total. The number of carboxylic acids is 1. The summed E-state index contributed by atoms with van der Waals surface area (Å²) in [6, 6.07) is -8.15. The van der Waals surface area contributed by atoms with Gasteiger partial charge in [-0.05, 0) is 39.0 Å². The van der Waals surface area contributed by atoms with Crippen molar-refractivity contribution in [1.82, 2.24) is 41.5 Å². The molecule has 1 aliphatic rings.